The Morgan fingerprint density at radius 1 is 1.04 bits per heavy atom. The van der Waals surface area contributed by atoms with Crippen molar-refractivity contribution in [2.75, 3.05) is 19.5 Å². The van der Waals surface area contributed by atoms with E-state index < -0.39 is 0 Å². The predicted molar refractivity (Wildman–Crippen MR) is 91.1 cm³/mol. The lowest BCUT2D eigenvalue weighted by atomic mass is 10.2. The summed E-state index contributed by atoms with van der Waals surface area (Å²) in [7, 11) is 1.60. The number of ether oxygens (including phenoxy) is 2. The summed E-state index contributed by atoms with van der Waals surface area (Å²) in [5, 5.41) is 0.955. The van der Waals surface area contributed by atoms with Crippen molar-refractivity contribution in [3.05, 3.63) is 65.0 Å². The van der Waals surface area contributed by atoms with Crippen LogP contribution >= 0.6 is 0 Å². The van der Waals surface area contributed by atoms with E-state index in [2.05, 4.69) is 0 Å². The highest BCUT2D eigenvalue weighted by atomic mass is 16.5. The second-order valence-electron chi connectivity index (χ2n) is 5.14. The number of nitrogen functional groups attached to an aromatic ring is 1. The van der Waals surface area contributed by atoms with Gasteiger partial charge in [0.2, 0.25) is 0 Å². The van der Waals surface area contributed by atoms with Gasteiger partial charge in [-0.1, -0.05) is 12.1 Å². The van der Waals surface area contributed by atoms with Crippen molar-refractivity contribution < 1.29 is 9.47 Å². The highest BCUT2D eigenvalue weighted by molar-refractivity contribution is 5.84. The van der Waals surface area contributed by atoms with Gasteiger partial charge in [0.15, 0.2) is 0 Å². The Morgan fingerprint density at radius 2 is 1.83 bits per heavy atom. The Morgan fingerprint density at radius 3 is 2.57 bits per heavy atom. The zero-order valence-corrected chi connectivity index (χ0v) is 12.9. The fraction of sp³-hybridized carbons (Fsp3) is 0.167. The number of hydrogen-bond acceptors (Lipinski definition) is 4. The summed E-state index contributed by atoms with van der Waals surface area (Å²) in [5.41, 5.74) is 7.03. The summed E-state index contributed by atoms with van der Waals surface area (Å²) >= 11 is 0. The molecule has 0 unspecified atom stereocenters. The van der Waals surface area contributed by atoms with Crippen LogP contribution in [-0.4, -0.2) is 18.3 Å². The molecule has 2 aromatic carbocycles. The predicted octanol–water partition coefficient (Wildman–Crippen LogP) is 2.67. The van der Waals surface area contributed by atoms with Gasteiger partial charge in [0.05, 0.1) is 19.2 Å². The smallest absolute Gasteiger partial charge is 0.251 e. The Balaban J connectivity index is 1.86. The molecule has 5 heteroatoms. The molecule has 23 heavy (non-hydrogen) atoms. The van der Waals surface area contributed by atoms with Crippen molar-refractivity contribution in [2.45, 2.75) is 6.54 Å². The van der Waals surface area contributed by atoms with Crippen LogP contribution in [0.3, 0.4) is 0 Å². The maximum absolute atomic E-state index is 12.2. The number of para-hydroxylation sites is 1. The molecule has 0 spiro atoms. The molecule has 1 heterocycles. The quantitative estimate of drug-likeness (QED) is 0.736. The SMILES string of the molecule is COc1cccc2ccc(=O)n(CCOc3ccc(N)cc3)c12. The lowest BCUT2D eigenvalue weighted by Gasteiger charge is -2.14. The van der Waals surface area contributed by atoms with E-state index in [1.54, 1.807) is 35.9 Å². The van der Waals surface area contributed by atoms with Gasteiger partial charge in [-0.25, -0.2) is 0 Å². The van der Waals surface area contributed by atoms with E-state index >= 15 is 0 Å². The number of nitrogens with zero attached hydrogens (tertiary/aromatic N) is 1. The fourth-order valence-corrected chi connectivity index (χ4v) is 2.53. The summed E-state index contributed by atoms with van der Waals surface area (Å²) in [4.78, 5) is 12.2. The molecule has 0 saturated carbocycles. The molecular formula is C18H18N2O3. The average Bonchev–Trinajstić information content (AvgIpc) is 2.58. The summed E-state index contributed by atoms with van der Waals surface area (Å²) < 4.78 is 12.7. The Kier molecular flexibility index (Phi) is 4.19. The van der Waals surface area contributed by atoms with Crippen LogP contribution < -0.4 is 20.8 Å². The lowest BCUT2D eigenvalue weighted by molar-refractivity contribution is 0.298. The molecule has 0 aliphatic rings. The molecule has 0 saturated heterocycles. The standard InChI is InChI=1S/C18H18N2O3/c1-22-16-4-2-3-13-5-10-17(21)20(18(13)16)11-12-23-15-8-6-14(19)7-9-15/h2-10H,11-12,19H2,1H3. The van der Waals surface area contributed by atoms with Crippen LogP contribution in [0.1, 0.15) is 0 Å². The molecule has 0 radical (unpaired) electrons. The van der Waals surface area contributed by atoms with Crippen LogP contribution in [0.25, 0.3) is 10.9 Å². The molecule has 2 N–H and O–H groups in total. The maximum atomic E-state index is 12.2. The van der Waals surface area contributed by atoms with Gasteiger partial charge in [0.25, 0.3) is 5.56 Å². The summed E-state index contributed by atoms with van der Waals surface area (Å²) in [5.74, 6) is 1.40. The van der Waals surface area contributed by atoms with E-state index in [1.165, 1.54) is 0 Å². The third-order valence-electron chi connectivity index (χ3n) is 3.66. The largest absolute Gasteiger partial charge is 0.495 e. The van der Waals surface area contributed by atoms with E-state index in [-0.39, 0.29) is 5.56 Å². The van der Waals surface area contributed by atoms with Gasteiger partial charge >= 0.3 is 0 Å². The van der Waals surface area contributed by atoms with E-state index in [9.17, 15) is 4.79 Å². The van der Waals surface area contributed by atoms with Gasteiger partial charge in [-0.3, -0.25) is 4.79 Å². The van der Waals surface area contributed by atoms with Crippen LogP contribution in [0.15, 0.2) is 59.4 Å². The molecule has 0 fully saturated rings. The highest BCUT2D eigenvalue weighted by Crippen LogP contribution is 2.23. The van der Waals surface area contributed by atoms with Crippen molar-refractivity contribution >= 4 is 16.6 Å². The van der Waals surface area contributed by atoms with Crippen LogP contribution in [0.2, 0.25) is 0 Å². The highest BCUT2D eigenvalue weighted by Gasteiger charge is 2.08. The number of nitrogens with two attached hydrogens (primary N) is 1. The monoisotopic (exact) mass is 310 g/mol. The topological polar surface area (TPSA) is 66.5 Å². The van der Waals surface area contributed by atoms with Crippen molar-refractivity contribution in [2.24, 2.45) is 0 Å². The van der Waals surface area contributed by atoms with Gasteiger partial charge in [-0.2, -0.15) is 0 Å². The molecule has 118 valence electrons. The van der Waals surface area contributed by atoms with Gasteiger partial charge in [0.1, 0.15) is 18.1 Å². The number of hydrogen-bond donors (Lipinski definition) is 1. The fourth-order valence-electron chi connectivity index (χ4n) is 2.53. The molecular weight excluding hydrogens is 292 g/mol. The van der Waals surface area contributed by atoms with Gasteiger partial charge in [-0.05, 0) is 36.4 Å². The number of pyridine rings is 1. The first-order chi connectivity index (χ1) is 11.2. The van der Waals surface area contributed by atoms with Crippen molar-refractivity contribution in [3.8, 4) is 11.5 Å². The van der Waals surface area contributed by atoms with Crippen molar-refractivity contribution in [1.82, 2.24) is 4.57 Å². The first-order valence-electron chi connectivity index (χ1n) is 7.34. The van der Waals surface area contributed by atoms with Gasteiger partial charge in [0, 0.05) is 17.1 Å². The molecule has 0 atom stereocenters. The number of benzene rings is 2. The van der Waals surface area contributed by atoms with E-state index in [4.69, 9.17) is 15.2 Å². The van der Waals surface area contributed by atoms with Gasteiger partial charge in [-0.15, -0.1) is 0 Å². The molecule has 0 aliphatic carbocycles. The van der Waals surface area contributed by atoms with Crippen molar-refractivity contribution in [3.63, 3.8) is 0 Å². The minimum Gasteiger partial charge on any atom is -0.495 e. The second kappa shape index (κ2) is 6.44. The first kappa shape index (κ1) is 15.0. The Bertz CT molecular complexity index is 870. The number of aromatic nitrogens is 1. The third kappa shape index (κ3) is 3.13. The average molecular weight is 310 g/mol. The van der Waals surface area contributed by atoms with Gasteiger partial charge < -0.3 is 19.8 Å². The van der Waals surface area contributed by atoms with E-state index in [0.29, 0.717) is 24.6 Å². The molecule has 0 bridgehead atoms. The second-order valence-corrected chi connectivity index (χ2v) is 5.14. The molecule has 1 aromatic heterocycles. The van der Waals surface area contributed by atoms with Crippen LogP contribution in [-0.2, 0) is 6.54 Å². The Hall–Kier alpha value is -2.95. The minimum atomic E-state index is -0.0806. The number of fused-ring (bicyclic) bond motifs is 1. The molecule has 3 aromatic rings. The number of methoxy groups -OCH3 is 1. The van der Waals surface area contributed by atoms with E-state index in [1.807, 2.05) is 30.3 Å². The summed E-state index contributed by atoms with van der Waals surface area (Å²) in [6.45, 7) is 0.807. The normalized spacial score (nSPS) is 10.7. The summed E-state index contributed by atoms with van der Waals surface area (Å²) in [6.07, 6.45) is 0. The van der Waals surface area contributed by atoms with E-state index in [0.717, 1.165) is 16.7 Å². The molecule has 0 amide bonds. The minimum absolute atomic E-state index is 0.0806. The van der Waals surface area contributed by atoms with Crippen LogP contribution in [0.4, 0.5) is 5.69 Å². The molecule has 3 rings (SSSR count). The third-order valence-corrected chi connectivity index (χ3v) is 3.66. The molecule has 5 nitrogen and oxygen atoms in total. The number of rotatable bonds is 5. The van der Waals surface area contributed by atoms with Crippen LogP contribution in [0.5, 0.6) is 11.5 Å². The first-order valence-corrected chi connectivity index (χ1v) is 7.34. The molecule has 0 aliphatic heterocycles. The lowest BCUT2D eigenvalue weighted by Crippen LogP contribution is -2.23. The van der Waals surface area contributed by atoms with Crippen LogP contribution in [0, 0.1) is 0 Å². The zero-order valence-electron chi connectivity index (χ0n) is 12.9. The maximum Gasteiger partial charge on any atom is 0.251 e. The zero-order chi connectivity index (χ0) is 16.2. The Labute approximate surface area is 133 Å². The summed E-state index contributed by atoms with van der Waals surface area (Å²) in [6, 6.07) is 16.2. The number of anilines is 1. The van der Waals surface area contributed by atoms with Crippen molar-refractivity contribution in [1.29, 1.82) is 0 Å².